The molecule has 3 aromatic rings. The van der Waals surface area contributed by atoms with E-state index in [1.54, 1.807) is 18.2 Å². The molecule has 0 N–H and O–H groups in total. The monoisotopic (exact) mass is 384 g/mol. The molecule has 4 rings (SSSR count). The van der Waals surface area contributed by atoms with Gasteiger partial charge >= 0.3 is 0 Å². The summed E-state index contributed by atoms with van der Waals surface area (Å²) in [6.07, 6.45) is 5.11. The molecule has 1 aromatic carbocycles. The fourth-order valence-corrected chi connectivity index (χ4v) is 3.48. The number of hydrogen-bond donors (Lipinski definition) is 0. The Balaban J connectivity index is 1.55. The third-order valence-corrected chi connectivity index (χ3v) is 5.04. The quantitative estimate of drug-likeness (QED) is 0.678. The van der Waals surface area contributed by atoms with Gasteiger partial charge < -0.3 is 4.42 Å². The van der Waals surface area contributed by atoms with Gasteiger partial charge in [-0.25, -0.2) is 9.07 Å². The summed E-state index contributed by atoms with van der Waals surface area (Å²) >= 11 is 0. The van der Waals surface area contributed by atoms with E-state index in [0.29, 0.717) is 18.0 Å². The molecular weight excluding hydrogens is 359 g/mol. The van der Waals surface area contributed by atoms with Crippen molar-refractivity contribution in [3.63, 3.8) is 0 Å². The number of piperidine rings is 1. The van der Waals surface area contributed by atoms with Gasteiger partial charge in [0.1, 0.15) is 5.82 Å². The third-order valence-electron chi connectivity index (χ3n) is 5.04. The molecule has 0 radical (unpaired) electrons. The molecule has 0 bridgehead atoms. The Bertz CT molecular complexity index is 944. The normalized spacial score (nSPS) is 18.5. The van der Waals surface area contributed by atoms with Gasteiger partial charge in [-0.3, -0.25) is 4.90 Å². The average molecular weight is 384 g/mol. The Labute approximate surface area is 163 Å². The first-order chi connectivity index (χ1) is 13.4. The SMILES string of the molecule is CC(C)(C)n1cc(CN2CCCC[C@@H]2c2nnc(-c3ccccc3F)o2)nn1. The lowest BCUT2D eigenvalue weighted by molar-refractivity contribution is 0.116. The average Bonchev–Trinajstić information content (AvgIpc) is 3.32. The molecule has 1 aliphatic rings. The predicted molar refractivity (Wildman–Crippen MR) is 102 cm³/mol. The zero-order chi connectivity index (χ0) is 19.7. The maximum absolute atomic E-state index is 14.0. The smallest absolute Gasteiger partial charge is 0.250 e. The minimum absolute atomic E-state index is 0.00144. The van der Waals surface area contributed by atoms with Crippen molar-refractivity contribution in [2.75, 3.05) is 6.54 Å². The van der Waals surface area contributed by atoms with E-state index < -0.39 is 0 Å². The first-order valence-corrected chi connectivity index (χ1v) is 9.66. The second kappa shape index (κ2) is 7.43. The van der Waals surface area contributed by atoms with E-state index in [1.807, 2.05) is 10.9 Å². The number of aromatic nitrogens is 5. The van der Waals surface area contributed by atoms with E-state index in [0.717, 1.165) is 31.5 Å². The second-order valence-electron chi connectivity index (χ2n) is 8.23. The van der Waals surface area contributed by atoms with Gasteiger partial charge in [-0.2, -0.15) is 0 Å². The largest absolute Gasteiger partial charge is 0.419 e. The van der Waals surface area contributed by atoms with Crippen LogP contribution in [0.4, 0.5) is 4.39 Å². The third kappa shape index (κ3) is 3.82. The first-order valence-electron chi connectivity index (χ1n) is 9.66. The van der Waals surface area contributed by atoms with Crippen molar-refractivity contribution in [2.45, 2.75) is 58.2 Å². The summed E-state index contributed by atoms with van der Waals surface area (Å²) in [4.78, 5) is 2.29. The van der Waals surface area contributed by atoms with E-state index in [-0.39, 0.29) is 23.3 Å². The highest BCUT2D eigenvalue weighted by atomic mass is 19.1. The molecule has 2 aromatic heterocycles. The molecule has 7 nitrogen and oxygen atoms in total. The van der Waals surface area contributed by atoms with Crippen LogP contribution in [-0.2, 0) is 12.1 Å². The molecule has 0 spiro atoms. The zero-order valence-corrected chi connectivity index (χ0v) is 16.5. The van der Waals surface area contributed by atoms with Crippen molar-refractivity contribution in [3.05, 3.63) is 47.9 Å². The first kappa shape index (κ1) is 18.7. The van der Waals surface area contributed by atoms with Crippen LogP contribution in [0.3, 0.4) is 0 Å². The van der Waals surface area contributed by atoms with E-state index in [4.69, 9.17) is 4.42 Å². The number of benzene rings is 1. The highest BCUT2D eigenvalue weighted by Crippen LogP contribution is 2.33. The van der Waals surface area contributed by atoms with Crippen molar-refractivity contribution in [1.29, 1.82) is 0 Å². The summed E-state index contributed by atoms with van der Waals surface area (Å²) in [5.41, 5.74) is 1.14. The number of halogens is 1. The van der Waals surface area contributed by atoms with Crippen molar-refractivity contribution < 1.29 is 8.81 Å². The molecule has 148 valence electrons. The van der Waals surface area contributed by atoms with Crippen molar-refractivity contribution in [3.8, 4) is 11.5 Å². The number of hydrogen-bond acceptors (Lipinski definition) is 6. The van der Waals surface area contributed by atoms with Gasteiger partial charge in [-0.1, -0.05) is 23.8 Å². The highest BCUT2D eigenvalue weighted by Gasteiger charge is 2.30. The molecule has 0 saturated carbocycles. The molecule has 1 fully saturated rings. The number of nitrogens with zero attached hydrogens (tertiary/aromatic N) is 6. The molecule has 8 heteroatoms. The summed E-state index contributed by atoms with van der Waals surface area (Å²) < 4.78 is 21.8. The van der Waals surface area contributed by atoms with E-state index >= 15 is 0 Å². The van der Waals surface area contributed by atoms with Crippen LogP contribution in [-0.4, -0.2) is 36.6 Å². The van der Waals surface area contributed by atoms with Gasteiger partial charge in [0, 0.05) is 6.54 Å². The lowest BCUT2D eigenvalue weighted by Crippen LogP contribution is -2.33. The topological polar surface area (TPSA) is 72.9 Å². The zero-order valence-electron chi connectivity index (χ0n) is 16.5. The standard InChI is InChI=1S/C20H25FN6O/c1-20(2,3)27-13-14(22-25-27)12-26-11-7-6-10-17(26)19-24-23-18(28-19)15-8-4-5-9-16(15)21/h4-5,8-9,13,17H,6-7,10-12H2,1-3H3/t17-/m1/s1. The summed E-state index contributed by atoms with van der Waals surface area (Å²) in [5, 5.41) is 16.9. The maximum atomic E-state index is 14.0. The van der Waals surface area contributed by atoms with Crippen LogP contribution in [0, 0.1) is 5.82 Å². The van der Waals surface area contributed by atoms with Crippen molar-refractivity contribution in [2.24, 2.45) is 0 Å². The lowest BCUT2D eigenvalue weighted by atomic mass is 10.0. The van der Waals surface area contributed by atoms with Gasteiger partial charge in [0.15, 0.2) is 0 Å². The van der Waals surface area contributed by atoms with Crippen LogP contribution >= 0.6 is 0 Å². The van der Waals surface area contributed by atoms with E-state index in [1.165, 1.54) is 6.07 Å². The molecule has 0 amide bonds. The fraction of sp³-hybridized carbons (Fsp3) is 0.500. The Kier molecular flexibility index (Phi) is 4.97. The van der Waals surface area contributed by atoms with Gasteiger partial charge in [-0.15, -0.1) is 15.3 Å². The Hall–Kier alpha value is -2.61. The highest BCUT2D eigenvalue weighted by molar-refractivity contribution is 5.53. The Morgan fingerprint density at radius 2 is 1.96 bits per heavy atom. The van der Waals surface area contributed by atoms with Crippen molar-refractivity contribution >= 4 is 0 Å². The summed E-state index contributed by atoms with van der Waals surface area (Å²) in [5.74, 6) is 0.385. The molecular formula is C20H25FN6O. The lowest BCUT2D eigenvalue weighted by Gasteiger charge is -2.32. The van der Waals surface area contributed by atoms with Gasteiger partial charge in [-0.05, 0) is 52.3 Å². The van der Waals surface area contributed by atoms with Crippen LogP contribution in [0.25, 0.3) is 11.5 Å². The molecule has 1 atom stereocenters. The number of likely N-dealkylation sites (tertiary alicyclic amines) is 1. The molecule has 1 aliphatic heterocycles. The molecule has 3 heterocycles. The fourth-order valence-electron chi connectivity index (χ4n) is 3.48. The van der Waals surface area contributed by atoms with Crippen LogP contribution in [0.15, 0.2) is 34.9 Å². The molecule has 0 aliphatic carbocycles. The Morgan fingerprint density at radius 3 is 2.71 bits per heavy atom. The van der Waals surface area contributed by atoms with E-state index in [2.05, 4.69) is 46.2 Å². The maximum Gasteiger partial charge on any atom is 0.250 e. The second-order valence-corrected chi connectivity index (χ2v) is 8.23. The summed E-state index contributed by atoms with van der Waals surface area (Å²) in [6, 6.07) is 6.44. The molecule has 0 unspecified atom stereocenters. The van der Waals surface area contributed by atoms with E-state index in [9.17, 15) is 4.39 Å². The van der Waals surface area contributed by atoms with Gasteiger partial charge in [0.2, 0.25) is 5.89 Å². The van der Waals surface area contributed by atoms with Crippen molar-refractivity contribution in [1.82, 2.24) is 30.1 Å². The van der Waals surface area contributed by atoms with Crippen LogP contribution in [0.5, 0.6) is 0 Å². The van der Waals surface area contributed by atoms with Crippen LogP contribution in [0.1, 0.15) is 57.7 Å². The molecule has 28 heavy (non-hydrogen) atoms. The van der Waals surface area contributed by atoms with Crippen LogP contribution < -0.4 is 0 Å². The Morgan fingerprint density at radius 1 is 1.14 bits per heavy atom. The van der Waals surface area contributed by atoms with Gasteiger partial charge in [0.05, 0.1) is 29.0 Å². The minimum atomic E-state index is -0.364. The van der Waals surface area contributed by atoms with Crippen LogP contribution in [0.2, 0.25) is 0 Å². The number of rotatable bonds is 4. The summed E-state index contributed by atoms with van der Waals surface area (Å²) in [7, 11) is 0. The molecule has 1 saturated heterocycles. The minimum Gasteiger partial charge on any atom is -0.419 e. The van der Waals surface area contributed by atoms with Gasteiger partial charge in [0.25, 0.3) is 5.89 Å². The summed E-state index contributed by atoms with van der Waals surface area (Å²) in [6.45, 7) is 7.87. The predicted octanol–water partition coefficient (Wildman–Crippen LogP) is 3.95.